The minimum atomic E-state index is -0.380. The van der Waals surface area contributed by atoms with Gasteiger partial charge in [0.15, 0.2) is 0 Å². The largest absolute Gasteiger partial charge is 0.465 e. The van der Waals surface area contributed by atoms with E-state index in [9.17, 15) is 4.79 Å². The molecule has 4 aliphatic carbocycles. The fourth-order valence-corrected chi connectivity index (χ4v) is 7.93. The maximum atomic E-state index is 12.0. The van der Waals surface area contributed by atoms with Crippen molar-refractivity contribution in [1.82, 2.24) is 4.57 Å². The van der Waals surface area contributed by atoms with Crippen molar-refractivity contribution in [2.24, 2.45) is 22.7 Å². The molecule has 186 valence electrons. The molecule has 0 aliphatic heterocycles. The summed E-state index contributed by atoms with van der Waals surface area (Å²) in [5.74, 6) is 2.47. The average Bonchev–Trinajstić information content (AvgIpc) is 3.14. The summed E-state index contributed by atoms with van der Waals surface area (Å²) in [4.78, 5) is 16.9. The minimum Gasteiger partial charge on any atom is -0.465 e. The molecule has 4 nitrogen and oxygen atoms in total. The second-order valence-electron chi connectivity index (χ2n) is 11.3. The number of hydrogen-bond donors (Lipinski definition) is 0. The van der Waals surface area contributed by atoms with Gasteiger partial charge in [-0.2, -0.15) is 0 Å². The Kier molecular flexibility index (Phi) is 5.83. The standard InChI is InChI=1S/C31H33ClN2O2/c1-19-10-25(20(2)34(19)29-14-24(30(35)36-3)4-9-28(29)32)18-33-27-7-5-26(6-8-27)31-15-21-11-22(16-31)13-23(12-21)17-31/h4-10,14,18,21-23H,11-13,15-17H2,1-3H3. The number of aliphatic imine (C=N–C) groups is 1. The van der Waals surface area contributed by atoms with Crippen molar-refractivity contribution in [3.63, 3.8) is 0 Å². The highest BCUT2D eigenvalue weighted by Crippen LogP contribution is 2.60. The molecule has 0 N–H and O–H groups in total. The average molecular weight is 501 g/mol. The topological polar surface area (TPSA) is 43.6 Å². The first-order valence-corrected chi connectivity index (χ1v) is 13.4. The third-order valence-corrected chi connectivity index (χ3v) is 9.27. The van der Waals surface area contributed by atoms with Crippen LogP contribution >= 0.6 is 11.6 Å². The van der Waals surface area contributed by atoms with Crippen molar-refractivity contribution in [2.45, 2.75) is 57.8 Å². The lowest BCUT2D eigenvalue weighted by Crippen LogP contribution is -2.48. The van der Waals surface area contributed by atoms with E-state index in [1.807, 2.05) is 20.1 Å². The molecule has 7 rings (SSSR count). The summed E-state index contributed by atoms with van der Waals surface area (Å²) in [7, 11) is 1.38. The number of rotatable bonds is 5. The number of aromatic nitrogens is 1. The summed E-state index contributed by atoms with van der Waals surface area (Å²) in [6.07, 6.45) is 10.5. The lowest BCUT2D eigenvalue weighted by molar-refractivity contribution is -0.00518. The van der Waals surface area contributed by atoms with E-state index >= 15 is 0 Å². The fraction of sp³-hybridized carbons (Fsp3) is 0.419. The molecule has 0 amide bonds. The van der Waals surface area contributed by atoms with Crippen LogP contribution in [0.1, 0.15) is 71.4 Å². The van der Waals surface area contributed by atoms with Crippen LogP contribution in [0.4, 0.5) is 5.69 Å². The van der Waals surface area contributed by atoms with E-state index in [1.165, 1.54) is 51.2 Å². The number of benzene rings is 2. The van der Waals surface area contributed by atoms with Gasteiger partial charge in [0.25, 0.3) is 0 Å². The SMILES string of the molecule is COC(=O)c1ccc(Cl)c(-n2c(C)cc(C=Nc3ccc(C45CC6CC(CC(C6)C4)C5)cc3)c2C)c1. The fourth-order valence-electron chi connectivity index (χ4n) is 7.73. The van der Waals surface area contributed by atoms with E-state index in [2.05, 4.69) is 34.9 Å². The van der Waals surface area contributed by atoms with Crippen molar-refractivity contribution in [2.75, 3.05) is 7.11 Å². The van der Waals surface area contributed by atoms with Crippen LogP contribution in [0.5, 0.6) is 0 Å². The van der Waals surface area contributed by atoms with Gasteiger partial charge in [-0.05, 0) is 118 Å². The number of nitrogens with zero attached hydrogens (tertiary/aromatic N) is 2. The highest BCUT2D eigenvalue weighted by Gasteiger charge is 2.51. The Hall–Kier alpha value is -2.85. The maximum Gasteiger partial charge on any atom is 0.337 e. The van der Waals surface area contributed by atoms with E-state index in [0.717, 1.165) is 46.1 Å². The molecule has 4 fully saturated rings. The van der Waals surface area contributed by atoms with Gasteiger partial charge >= 0.3 is 5.97 Å². The summed E-state index contributed by atoms with van der Waals surface area (Å²) in [5, 5.41) is 0.577. The molecule has 0 atom stereocenters. The van der Waals surface area contributed by atoms with Gasteiger partial charge in [-0.3, -0.25) is 4.99 Å². The van der Waals surface area contributed by atoms with Gasteiger partial charge in [0.2, 0.25) is 0 Å². The molecule has 36 heavy (non-hydrogen) atoms. The summed E-state index contributed by atoms with van der Waals surface area (Å²) in [6.45, 7) is 4.08. The molecule has 0 radical (unpaired) electrons. The quantitative estimate of drug-likeness (QED) is 0.265. The highest BCUT2D eigenvalue weighted by atomic mass is 35.5. The molecule has 3 aromatic rings. The monoisotopic (exact) mass is 500 g/mol. The predicted octanol–water partition coefficient (Wildman–Crippen LogP) is 7.75. The number of carbonyl (C=O) groups excluding carboxylic acids is 1. The summed E-state index contributed by atoms with van der Waals surface area (Å²) in [5.41, 5.74) is 7.21. The second kappa shape index (κ2) is 8.92. The maximum absolute atomic E-state index is 12.0. The zero-order valence-electron chi connectivity index (χ0n) is 21.3. The summed E-state index contributed by atoms with van der Waals surface area (Å²) < 4.78 is 6.95. The van der Waals surface area contributed by atoms with Crippen molar-refractivity contribution in [3.8, 4) is 5.69 Å². The molecule has 4 saturated carbocycles. The number of ether oxygens (including phenoxy) is 1. The highest BCUT2D eigenvalue weighted by molar-refractivity contribution is 6.32. The van der Waals surface area contributed by atoms with E-state index in [4.69, 9.17) is 21.3 Å². The summed E-state index contributed by atoms with van der Waals surface area (Å²) in [6, 6.07) is 16.3. The third kappa shape index (κ3) is 4.00. The van der Waals surface area contributed by atoms with Crippen molar-refractivity contribution < 1.29 is 9.53 Å². The Morgan fingerprint density at radius 1 is 1.00 bits per heavy atom. The second-order valence-corrected chi connectivity index (χ2v) is 11.7. The van der Waals surface area contributed by atoms with Crippen molar-refractivity contribution >= 4 is 29.5 Å². The number of carbonyl (C=O) groups is 1. The molecule has 0 unspecified atom stereocenters. The van der Waals surface area contributed by atoms with Gasteiger partial charge in [-0.15, -0.1) is 0 Å². The number of aryl methyl sites for hydroxylation is 1. The van der Waals surface area contributed by atoms with Gasteiger partial charge in [-0.25, -0.2) is 4.79 Å². The molecule has 4 aliphatic rings. The van der Waals surface area contributed by atoms with Crippen LogP contribution in [0.25, 0.3) is 5.69 Å². The molecule has 1 aromatic heterocycles. The third-order valence-electron chi connectivity index (χ3n) is 8.95. The van der Waals surface area contributed by atoms with Gasteiger partial charge in [0, 0.05) is 23.2 Å². The first-order chi connectivity index (χ1) is 17.3. The molecular weight excluding hydrogens is 468 g/mol. The van der Waals surface area contributed by atoms with E-state index < -0.39 is 0 Å². The zero-order chi connectivity index (χ0) is 25.0. The molecule has 4 bridgehead atoms. The van der Waals surface area contributed by atoms with E-state index in [0.29, 0.717) is 16.0 Å². The van der Waals surface area contributed by atoms with Gasteiger partial charge < -0.3 is 9.30 Å². The lowest BCUT2D eigenvalue weighted by atomic mass is 9.48. The normalized spacial score (nSPS) is 26.6. The molecule has 0 spiro atoms. The van der Waals surface area contributed by atoms with E-state index in [-0.39, 0.29) is 5.97 Å². The molecule has 2 aromatic carbocycles. The Morgan fingerprint density at radius 3 is 2.25 bits per heavy atom. The Morgan fingerprint density at radius 2 is 1.64 bits per heavy atom. The lowest BCUT2D eigenvalue weighted by Gasteiger charge is -2.57. The van der Waals surface area contributed by atoms with Crippen molar-refractivity contribution in [1.29, 1.82) is 0 Å². The van der Waals surface area contributed by atoms with Crippen LogP contribution in [0.2, 0.25) is 5.02 Å². The Labute approximate surface area is 218 Å². The van der Waals surface area contributed by atoms with Crippen LogP contribution < -0.4 is 0 Å². The molecule has 0 saturated heterocycles. The molecular formula is C31H33ClN2O2. The number of hydrogen-bond acceptors (Lipinski definition) is 3. The van der Waals surface area contributed by atoms with Gasteiger partial charge in [0.05, 0.1) is 29.1 Å². The van der Waals surface area contributed by atoms with Crippen LogP contribution in [0, 0.1) is 31.6 Å². The number of halogens is 1. The predicted molar refractivity (Wildman–Crippen MR) is 145 cm³/mol. The Bertz CT molecular complexity index is 1320. The van der Waals surface area contributed by atoms with Crippen molar-refractivity contribution in [3.05, 3.63) is 81.6 Å². The van der Waals surface area contributed by atoms with Gasteiger partial charge in [0.1, 0.15) is 0 Å². The number of esters is 1. The van der Waals surface area contributed by atoms with Gasteiger partial charge in [-0.1, -0.05) is 23.7 Å². The summed E-state index contributed by atoms with van der Waals surface area (Å²) >= 11 is 6.53. The zero-order valence-corrected chi connectivity index (χ0v) is 22.0. The van der Waals surface area contributed by atoms with Crippen LogP contribution in [0.15, 0.2) is 53.5 Å². The van der Waals surface area contributed by atoms with E-state index in [1.54, 1.807) is 18.2 Å². The van der Waals surface area contributed by atoms with Crippen LogP contribution in [-0.4, -0.2) is 23.9 Å². The molecule has 1 heterocycles. The smallest absolute Gasteiger partial charge is 0.337 e. The van der Waals surface area contributed by atoms with Crippen LogP contribution in [0.3, 0.4) is 0 Å². The minimum absolute atomic E-state index is 0.380. The molecule has 5 heteroatoms. The Balaban J connectivity index is 1.25. The van der Waals surface area contributed by atoms with Crippen LogP contribution in [-0.2, 0) is 10.2 Å². The first-order valence-electron chi connectivity index (χ1n) is 13.1. The first kappa shape index (κ1) is 23.5. The number of methoxy groups -OCH3 is 1.